The second-order valence-corrected chi connectivity index (χ2v) is 8.44. The standard InChI is InChI=1S/C22H29NO5/c1-12(2)20(25)27-18-17(16-14(4)10-13(3)11-15(16)5)19(24)23-22(18)8-9-26-21(6,7)28-22/h10-12H,8-9H2,1-7H3,(H,23,24). The van der Waals surface area contributed by atoms with Crippen molar-refractivity contribution in [3.63, 3.8) is 0 Å². The van der Waals surface area contributed by atoms with Gasteiger partial charge in [-0.3, -0.25) is 9.59 Å². The third-order valence-corrected chi connectivity index (χ3v) is 5.06. The number of ether oxygens (including phenoxy) is 3. The van der Waals surface area contributed by atoms with Crippen LogP contribution in [0, 0.1) is 26.7 Å². The molecule has 1 amide bonds. The Labute approximate surface area is 166 Å². The molecule has 152 valence electrons. The molecule has 0 radical (unpaired) electrons. The molecule has 0 saturated carbocycles. The van der Waals surface area contributed by atoms with Gasteiger partial charge >= 0.3 is 5.97 Å². The molecule has 1 aromatic rings. The number of nitrogens with one attached hydrogen (secondary N) is 1. The molecule has 1 aromatic carbocycles. The average Bonchev–Trinajstić information content (AvgIpc) is 2.77. The van der Waals surface area contributed by atoms with Crippen LogP contribution < -0.4 is 5.32 Å². The number of benzene rings is 1. The molecule has 0 bridgehead atoms. The van der Waals surface area contributed by atoms with E-state index in [9.17, 15) is 9.59 Å². The molecule has 1 unspecified atom stereocenters. The monoisotopic (exact) mass is 387 g/mol. The third-order valence-electron chi connectivity index (χ3n) is 5.06. The van der Waals surface area contributed by atoms with Gasteiger partial charge in [-0.05, 0) is 51.3 Å². The molecule has 1 saturated heterocycles. The van der Waals surface area contributed by atoms with Gasteiger partial charge in [0.15, 0.2) is 11.5 Å². The van der Waals surface area contributed by atoms with Crippen LogP contribution in [0.25, 0.3) is 5.57 Å². The molecule has 6 heteroatoms. The van der Waals surface area contributed by atoms with Gasteiger partial charge in [-0.15, -0.1) is 0 Å². The molecule has 3 rings (SSSR count). The Morgan fingerprint density at radius 2 is 1.79 bits per heavy atom. The van der Waals surface area contributed by atoms with Gasteiger partial charge in [-0.25, -0.2) is 0 Å². The first-order valence-electron chi connectivity index (χ1n) is 9.67. The maximum Gasteiger partial charge on any atom is 0.313 e. The van der Waals surface area contributed by atoms with Crippen molar-refractivity contribution < 1.29 is 23.8 Å². The lowest BCUT2D eigenvalue weighted by molar-refractivity contribution is -0.310. The maximum absolute atomic E-state index is 13.1. The van der Waals surface area contributed by atoms with Crippen LogP contribution in [0.5, 0.6) is 0 Å². The summed E-state index contributed by atoms with van der Waals surface area (Å²) in [6, 6.07) is 4.04. The molecule has 2 aliphatic heterocycles. The fourth-order valence-electron chi connectivity index (χ4n) is 3.95. The van der Waals surface area contributed by atoms with Crippen LogP contribution in [-0.2, 0) is 23.8 Å². The van der Waals surface area contributed by atoms with Gasteiger partial charge in [-0.2, -0.15) is 0 Å². The van der Waals surface area contributed by atoms with E-state index in [0.29, 0.717) is 18.6 Å². The van der Waals surface area contributed by atoms with E-state index in [1.807, 2.05) is 32.9 Å². The van der Waals surface area contributed by atoms with Crippen molar-refractivity contribution >= 4 is 17.4 Å². The van der Waals surface area contributed by atoms with E-state index in [2.05, 4.69) is 5.32 Å². The number of hydrogen-bond acceptors (Lipinski definition) is 5. The van der Waals surface area contributed by atoms with Gasteiger partial charge in [0.05, 0.1) is 18.1 Å². The Bertz CT molecular complexity index is 845. The van der Waals surface area contributed by atoms with Crippen LogP contribution in [0.4, 0.5) is 0 Å². The molecule has 0 aliphatic carbocycles. The highest BCUT2D eigenvalue weighted by Crippen LogP contribution is 2.44. The van der Waals surface area contributed by atoms with Crippen molar-refractivity contribution in [2.75, 3.05) is 6.61 Å². The van der Waals surface area contributed by atoms with Gasteiger partial charge in [0.2, 0.25) is 5.72 Å². The summed E-state index contributed by atoms with van der Waals surface area (Å²) in [4.78, 5) is 25.6. The summed E-state index contributed by atoms with van der Waals surface area (Å²) in [5.41, 5.74) is 2.92. The minimum absolute atomic E-state index is 0.239. The fraction of sp³-hybridized carbons (Fsp3) is 0.545. The van der Waals surface area contributed by atoms with Gasteiger partial charge in [0, 0.05) is 6.42 Å². The van der Waals surface area contributed by atoms with Crippen LogP contribution in [0.2, 0.25) is 0 Å². The molecule has 0 aromatic heterocycles. The Morgan fingerprint density at radius 3 is 2.32 bits per heavy atom. The molecule has 2 aliphatic rings. The van der Waals surface area contributed by atoms with E-state index in [-0.39, 0.29) is 17.6 Å². The summed E-state index contributed by atoms with van der Waals surface area (Å²) in [5, 5.41) is 2.94. The molecular formula is C22H29NO5. The largest absolute Gasteiger partial charge is 0.425 e. The maximum atomic E-state index is 13.1. The minimum atomic E-state index is -1.22. The smallest absolute Gasteiger partial charge is 0.313 e. The molecule has 1 atom stereocenters. The van der Waals surface area contributed by atoms with Crippen molar-refractivity contribution in [2.24, 2.45) is 5.92 Å². The molecule has 1 spiro atoms. The lowest BCUT2D eigenvalue weighted by Crippen LogP contribution is -2.57. The van der Waals surface area contributed by atoms with Crippen molar-refractivity contribution in [1.82, 2.24) is 5.32 Å². The predicted octanol–water partition coefficient (Wildman–Crippen LogP) is 3.52. The first-order chi connectivity index (χ1) is 13.0. The number of aryl methyl sites for hydroxylation is 3. The van der Waals surface area contributed by atoms with Crippen LogP contribution in [0.15, 0.2) is 17.9 Å². The lowest BCUT2D eigenvalue weighted by atomic mass is 9.92. The summed E-state index contributed by atoms with van der Waals surface area (Å²) in [7, 11) is 0. The highest BCUT2D eigenvalue weighted by Gasteiger charge is 2.54. The van der Waals surface area contributed by atoms with Gasteiger partial charge < -0.3 is 19.5 Å². The second-order valence-electron chi connectivity index (χ2n) is 8.44. The van der Waals surface area contributed by atoms with Crippen LogP contribution >= 0.6 is 0 Å². The highest BCUT2D eigenvalue weighted by atomic mass is 16.7. The summed E-state index contributed by atoms with van der Waals surface area (Å²) in [6.07, 6.45) is 0.357. The van der Waals surface area contributed by atoms with Crippen molar-refractivity contribution in [2.45, 2.75) is 66.4 Å². The zero-order chi connectivity index (χ0) is 20.9. The van der Waals surface area contributed by atoms with E-state index in [1.165, 1.54) is 0 Å². The van der Waals surface area contributed by atoms with Crippen LogP contribution in [0.3, 0.4) is 0 Å². The van der Waals surface area contributed by atoms with Crippen molar-refractivity contribution in [3.05, 3.63) is 40.1 Å². The van der Waals surface area contributed by atoms with Crippen LogP contribution in [0.1, 0.15) is 56.4 Å². The SMILES string of the molecule is Cc1cc(C)c(C2=C(OC(=O)C(C)C)C3(CCOC(C)(C)O3)NC2=O)c(C)c1. The Hall–Kier alpha value is -2.18. The Balaban J connectivity index is 2.23. The quantitative estimate of drug-likeness (QED) is 0.804. The number of esters is 1. The number of amides is 1. The average molecular weight is 387 g/mol. The number of hydrogen-bond donors (Lipinski definition) is 1. The first-order valence-corrected chi connectivity index (χ1v) is 9.67. The van der Waals surface area contributed by atoms with E-state index >= 15 is 0 Å². The molecule has 28 heavy (non-hydrogen) atoms. The highest BCUT2D eigenvalue weighted by molar-refractivity contribution is 6.24. The molecule has 1 fully saturated rings. The number of carbonyl (C=O) groups is 2. The number of rotatable bonds is 3. The zero-order valence-corrected chi connectivity index (χ0v) is 17.7. The van der Waals surface area contributed by atoms with Crippen molar-refractivity contribution in [3.8, 4) is 0 Å². The van der Waals surface area contributed by atoms with Crippen molar-refractivity contribution in [1.29, 1.82) is 0 Å². The fourth-order valence-corrected chi connectivity index (χ4v) is 3.95. The van der Waals surface area contributed by atoms with E-state index < -0.39 is 17.5 Å². The van der Waals surface area contributed by atoms with E-state index in [4.69, 9.17) is 14.2 Å². The number of carbonyl (C=O) groups excluding carboxylic acids is 2. The van der Waals surface area contributed by atoms with E-state index in [0.717, 1.165) is 22.3 Å². The molecular weight excluding hydrogens is 358 g/mol. The van der Waals surface area contributed by atoms with Gasteiger partial charge in [0.25, 0.3) is 5.91 Å². The summed E-state index contributed by atoms with van der Waals surface area (Å²) in [5.74, 6) is -1.73. The summed E-state index contributed by atoms with van der Waals surface area (Å²) >= 11 is 0. The Kier molecular flexibility index (Phi) is 5.15. The summed E-state index contributed by atoms with van der Waals surface area (Å²) in [6.45, 7) is 13.4. The second kappa shape index (κ2) is 7.01. The van der Waals surface area contributed by atoms with Gasteiger partial charge in [-0.1, -0.05) is 31.5 Å². The summed E-state index contributed by atoms with van der Waals surface area (Å²) < 4.78 is 17.6. The molecule has 6 nitrogen and oxygen atoms in total. The normalized spacial score (nSPS) is 24.1. The molecule has 2 heterocycles. The van der Waals surface area contributed by atoms with Gasteiger partial charge in [0.1, 0.15) is 0 Å². The topological polar surface area (TPSA) is 73.9 Å². The predicted molar refractivity (Wildman–Crippen MR) is 105 cm³/mol. The molecule has 1 N–H and O–H groups in total. The Morgan fingerprint density at radius 1 is 1.18 bits per heavy atom. The lowest BCUT2D eigenvalue weighted by Gasteiger charge is -2.43. The van der Waals surface area contributed by atoms with E-state index in [1.54, 1.807) is 27.7 Å². The third kappa shape index (κ3) is 3.59. The van der Waals surface area contributed by atoms with Crippen LogP contribution in [-0.4, -0.2) is 30.0 Å². The zero-order valence-electron chi connectivity index (χ0n) is 17.7. The minimum Gasteiger partial charge on any atom is -0.425 e. The first kappa shape index (κ1) is 20.6.